The molecule has 0 bridgehead atoms. The van der Waals surface area contributed by atoms with Crippen molar-refractivity contribution >= 4 is 29.3 Å². The second kappa shape index (κ2) is 13.1. The summed E-state index contributed by atoms with van der Waals surface area (Å²) in [6.45, 7) is 10.3. The lowest BCUT2D eigenvalue weighted by Gasteiger charge is -2.30. The summed E-state index contributed by atoms with van der Waals surface area (Å²) >= 11 is 1.33. The summed E-state index contributed by atoms with van der Waals surface area (Å²) in [6.07, 6.45) is 0. The smallest absolute Gasteiger partial charge is 0.234 e. The van der Waals surface area contributed by atoms with Gasteiger partial charge in [0.05, 0.1) is 24.2 Å². The van der Waals surface area contributed by atoms with Crippen LogP contribution < -0.4 is 15.4 Å². The van der Waals surface area contributed by atoms with E-state index in [1.807, 2.05) is 56.3 Å². The van der Waals surface area contributed by atoms with Crippen LogP contribution in [-0.2, 0) is 9.59 Å². The number of rotatable bonds is 12. The van der Waals surface area contributed by atoms with Gasteiger partial charge in [-0.15, -0.1) is 11.8 Å². The SMILES string of the molecule is CCN(CC)C(CNC(=O)C(C)SCC(=O)Nc1ccc(C)cc1)c1cccc(OC)c1. The normalized spacial score (nSPS) is 12.8. The van der Waals surface area contributed by atoms with Gasteiger partial charge in [-0.1, -0.05) is 43.7 Å². The van der Waals surface area contributed by atoms with E-state index in [0.717, 1.165) is 35.7 Å². The van der Waals surface area contributed by atoms with Gasteiger partial charge in [0.2, 0.25) is 11.8 Å². The first-order chi connectivity index (χ1) is 15.4. The Labute approximate surface area is 196 Å². The highest BCUT2D eigenvalue weighted by atomic mass is 32.2. The van der Waals surface area contributed by atoms with Crippen molar-refractivity contribution in [2.45, 2.75) is 39.0 Å². The van der Waals surface area contributed by atoms with Gasteiger partial charge < -0.3 is 15.4 Å². The van der Waals surface area contributed by atoms with E-state index >= 15 is 0 Å². The lowest BCUT2D eigenvalue weighted by molar-refractivity contribution is -0.120. The van der Waals surface area contributed by atoms with Crippen LogP contribution in [0.4, 0.5) is 5.69 Å². The van der Waals surface area contributed by atoms with Crippen molar-refractivity contribution in [1.29, 1.82) is 0 Å². The van der Waals surface area contributed by atoms with Crippen molar-refractivity contribution < 1.29 is 14.3 Å². The minimum atomic E-state index is -0.332. The molecule has 0 saturated carbocycles. The van der Waals surface area contributed by atoms with Gasteiger partial charge in [0.15, 0.2) is 0 Å². The maximum atomic E-state index is 12.7. The summed E-state index contributed by atoms with van der Waals surface area (Å²) in [5.41, 5.74) is 3.00. The first-order valence-electron chi connectivity index (χ1n) is 11.0. The second-order valence-electron chi connectivity index (χ2n) is 7.63. The molecule has 2 aromatic rings. The van der Waals surface area contributed by atoms with E-state index in [4.69, 9.17) is 4.74 Å². The van der Waals surface area contributed by atoms with Crippen molar-refractivity contribution in [2.24, 2.45) is 0 Å². The maximum Gasteiger partial charge on any atom is 0.234 e. The Bertz CT molecular complexity index is 869. The number of ether oxygens (including phenoxy) is 1. The molecule has 0 heterocycles. The molecule has 2 rings (SSSR count). The van der Waals surface area contributed by atoms with Crippen LogP contribution in [0, 0.1) is 6.92 Å². The number of amides is 2. The average molecular weight is 458 g/mol. The number of carbonyl (C=O) groups excluding carboxylic acids is 2. The number of anilines is 1. The van der Waals surface area contributed by atoms with Crippen LogP contribution >= 0.6 is 11.8 Å². The third-order valence-corrected chi connectivity index (χ3v) is 6.51. The molecule has 0 aliphatic rings. The zero-order valence-electron chi connectivity index (χ0n) is 19.7. The molecule has 2 atom stereocenters. The minimum absolute atomic E-state index is 0.0473. The van der Waals surface area contributed by atoms with Gasteiger partial charge in [0.25, 0.3) is 0 Å². The van der Waals surface area contributed by atoms with Crippen LogP contribution in [0.25, 0.3) is 0 Å². The van der Waals surface area contributed by atoms with E-state index < -0.39 is 0 Å². The summed E-state index contributed by atoms with van der Waals surface area (Å²) in [5, 5.41) is 5.61. The van der Waals surface area contributed by atoms with Gasteiger partial charge in [-0.2, -0.15) is 0 Å². The number of nitrogens with zero attached hydrogens (tertiary/aromatic N) is 1. The first kappa shape index (κ1) is 25.7. The number of thioether (sulfide) groups is 1. The predicted molar refractivity (Wildman–Crippen MR) is 133 cm³/mol. The van der Waals surface area contributed by atoms with E-state index in [0.29, 0.717) is 6.54 Å². The monoisotopic (exact) mass is 457 g/mol. The first-order valence-corrected chi connectivity index (χ1v) is 12.1. The molecule has 32 heavy (non-hydrogen) atoms. The Balaban J connectivity index is 1.90. The highest BCUT2D eigenvalue weighted by Gasteiger charge is 2.21. The van der Waals surface area contributed by atoms with Gasteiger partial charge in [0, 0.05) is 12.2 Å². The third kappa shape index (κ3) is 7.88. The molecule has 174 valence electrons. The molecule has 0 aliphatic carbocycles. The number of nitrogens with one attached hydrogen (secondary N) is 2. The number of aryl methyl sites for hydroxylation is 1. The van der Waals surface area contributed by atoms with E-state index in [2.05, 4.69) is 35.4 Å². The lowest BCUT2D eigenvalue weighted by atomic mass is 10.0. The molecule has 0 radical (unpaired) electrons. The zero-order chi connectivity index (χ0) is 23.5. The van der Waals surface area contributed by atoms with Crippen molar-refractivity contribution in [1.82, 2.24) is 10.2 Å². The molecule has 0 fully saturated rings. The molecule has 0 aliphatic heterocycles. The number of hydrogen-bond donors (Lipinski definition) is 2. The molecule has 0 saturated heterocycles. The molecular weight excluding hydrogens is 422 g/mol. The standard InChI is InChI=1S/C25H35N3O3S/c1-6-28(7-2)23(20-9-8-10-22(15-20)31-5)16-26-25(30)19(4)32-17-24(29)27-21-13-11-18(3)12-14-21/h8-15,19,23H,6-7,16-17H2,1-5H3,(H,26,30)(H,27,29). The Morgan fingerprint density at radius 1 is 1.09 bits per heavy atom. The third-order valence-electron chi connectivity index (χ3n) is 5.37. The van der Waals surface area contributed by atoms with Gasteiger partial charge in [-0.3, -0.25) is 14.5 Å². The van der Waals surface area contributed by atoms with Gasteiger partial charge in [0.1, 0.15) is 5.75 Å². The minimum Gasteiger partial charge on any atom is -0.497 e. The number of benzene rings is 2. The Kier molecular flexibility index (Phi) is 10.6. The van der Waals surface area contributed by atoms with Gasteiger partial charge in [-0.05, 0) is 56.8 Å². The van der Waals surface area contributed by atoms with Crippen LogP contribution in [0.1, 0.15) is 37.9 Å². The highest BCUT2D eigenvalue weighted by molar-refractivity contribution is 8.01. The topological polar surface area (TPSA) is 70.7 Å². The van der Waals surface area contributed by atoms with Crippen molar-refractivity contribution in [2.75, 3.05) is 37.8 Å². The van der Waals surface area contributed by atoms with E-state index in [1.165, 1.54) is 11.8 Å². The quantitative estimate of drug-likeness (QED) is 0.498. The largest absolute Gasteiger partial charge is 0.497 e. The van der Waals surface area contributed by atoms with Crippen LogP contribution in [0.2, 0.25) is 0 Å². The molecule has 2 amide bonds. The van der Waals surface area contributed by atoms with E-state index in [9.17, 15) is 9.59 Å². The van der Waals surface area contributed by atoms with Gasteiger partial charge in [-0.25, -0.2) is 0 Å². The number of carbonyl (C=O) groups is 2. The Morgan fingerprint density at radius 3 is 2.41 bits per heavy atom. The molecule has 2 aromatic carbocycles. The number of methoxy groups -OCH3 is 1. The summed E-state index contributed by atoms with van der Waals surface area (Å²) in [6, 6.07) is 15.7. The fourth-order valence-electron chi connectivity index (χ4n) is 3.42. The zero-order valence-corrected chi connectivity index (χ0v) is 20.5. The number of likely N-dealkylation sites (N-methyl/N-ethyl adjacent to an activating group) is 1. The fraction of sp³-hybridized carbons (Fsp3) is 0.440. The summed E-state index contributed by atoms with van der Waals surface area (Å²) in [7, 11) is 1.65. The second-order valence-corrected chi connectivity index (χ2v) is 8.96. The maximum absolute atomic E-state index is 12.7. The van der Waals surface area contributed by atoms with E-state index in [1.54, 1.807) is 7.11 Å². The lowest BCUT2D eigenvalue weighted by Crippen LogP contribution is -2.40. The van der Waals surface area contributed by atoms with Crippen LogP contribution in [0.3, 0.4) is 0 Å². The Morgan fingerprint density at radius 2 is 1.78 bits per heavy atom. The number of hydrogen-bond acceptors (Lipinski definition) is 5. The van der Waals surface area contributed by atoms with Crippen molar-refractivity contribution in [3.63, 3.8) is 0 Å². The fourth-order valence-corrected chi connectivity index (χ4v) is 4.13. The summed E-state index contributed by atoms with van der Waals surface area (Å²) in [5.74, 6) is 0.834. The predicted octanol–water partition coefficient (Wildman–Crippen LogP) is 4.26. The van der Waals surface area contributed by atoms with Crippen molar-refractivity contribution in [3.8, 4) is 5.75 Å². The summed E-state index contributed by atoms with van der Waals surface area (Å²) < 4.78 is 5.37. The average Bonchev–Trinajstić information content (AvgIpc) is 2.81. The summed E-state index contributed by atoms with van der Waals surface area (Å²) in [4.78, 5) is 27.2. The van der Waals surface area contributed by atoms with Crippen LogP contribution in [-0.4, -0.2) is 54.5 Å². The molecule has 7 heteroatoms. The van der Waals surface area contributed by atoms with E-state index in [-0.39, 0.29) is 28.9 Å². The molecular formula is C25H35N3O3S. The molecule has 0 spiro atoms. The van der Waals surface area contributed by atoms with Crippen LogP contribution in [0.15, 0.2) is 48.5 Å². The highest BCUT2D eigenvalue weighted by Crippen LogP contribution is 2.24. The van der Waals surface area contributed by atoms with Gasteiger partial charge >= 0.3 is 0 Å². The molecule has 0 aromatic heterocycles. The van der Waals surface area contributed by atoms with Crippen molar-refractivity contribution in [3.05, 3.63) is 59.7 Å². The van der Waals surface area contributed by atoms with Crippen LogP contribution in [0.5, 0.6) is 5.75 Å². The Hall–Kier alpha value is -2.51. The molecule has 6 nitrogen and oxygen atoms in total. The molecule has 2 N–H and O–H groups in total. The molecule has 2 unspecified atom stereocenters.